The Morgan fingerprint density at radius 3 is 3.00 bits per heavy atom. The van der Waals surface area contributed by atoms with Crippen LogP contribution in [-0.4, -0.2) is 60.1 Å². The zero-order valence-electron chi connectivity index (χ0n) is 13.4. The van der Waals surface area contributed by atoms with E-state index in [1.807, 2.05) is 13.1 Å². The van der Waals surface area contributed by atoms with Gasteiger partial charge in [0.15, 0.2) is 5.60 Å². The predicted molar refractivity (Wildman–Crippen MR) is 86.6 cm³/mol. The molecule has 0 radical (unpaired) electrons. The molecule has 2 heterocycles. The van der Waals surface area contributed by atoms with E-state index in [1.54, 1.807) is 19.0 Å². The van der Waals surface area contributed by atoms with Crippen LogP contribution in [-0.2, 0) is 16.1 Å². The van der Waals surface area contributed by atoms with E-state index in [0.717, 1.165) is 18.6 Å². The maximum Gasteiger partial charge on any atom is 0.255 e. The van der Waals surface area contributed by atoms with Crippen molar-refractivity contribution in [1.82, 2.24) is 14.8 Å². The fourth-order valence-corrected chi connectivity index (χ4v) is 3.15. The third kappa shape index (κ3) is 2.87. The summed E-state index contributed by atoms with van der Waals surface area (Å²) in [6, 6.07) is 8.53. The Balaban J connectivity index is 1.73. The lowest BCUT2D eigenvalue weighted by Crippen LogP contribution is -2.57. The minimum atomic E-state index is -0.750. The van der Waals surface area contributed by atoms with Gasteiger partial charge in [-0.1, -0.05) is 6.07 Å². The SMILES string of the molecule is CN(C)C(=O)C1(C)CN(Cc2ccc3[nH]ccc3c2)CCO1. The van der Waals surface area contributed by atoms with Crippen molar-refractivity contribution in [3.05, 3.63) is 36.0 Å². The van der Waals surface area contributed by atoms with E-state index >= 15 is 0 Å². The Bertz CT molecular complexity index is 679. The van der Waals surface area contributed by atoms with Gasteiger partial charge in [0.2, 0.25) is 0 Å². The molecule has 5 nitrogen and oxygen atoms in total. The number of carbonyl (C=O) groups is 1. The standard InChI is InChI=1S/C17H23N3O2/c1-17(16(21)19(2)3)12-20(8-9-22-17)11-13-4-5-15-14(10-13)6-7-18-15/h4-7,10,18H,8-9,11-12H2,1-3H3. The number of ether oxygens (including phenoxy) is 1. The molecule has 1 unspecified atom stereocenters. The van der Waals surface area contributed by atoms with Crippen molar-refractivity contribution in [2.24, 2.45) is 0 Å². The minimum Gasteiger partial charge on any atom is -0.363 e. The Labute approximate surface area is 130 Å². The van der Waals surface area contributed by atoms with E-state index < -0.39 is 5.60 Å². The van der Waals surface area contributed by atoms with Gasteiger partial charge in [-0.3, -0.25) is 9.69 Å². The van der Waals surface area contributed by atoms with Crippen molar-refractivity contribution >= 4 is 16.8 Å². The summed E-state index contributed by atoms with van der Waals surface area (Å²) < 4.78 is 5.78. The molecular formula is C17H23N3O2. The van der Waals surface area contributed by atoms with Crippen LogP contribution in [0.25, 0.3) is 10.9 Å². The molecule has 1 aromatic carbocycles. The van der Waals surface area contributed by atoms with E-state index in [2.05, 4.69) is 34.1 Å². The van der Waals surface area contributed by atoms with Crippen LogP contribution in [0.1, 0.15) is 12.5 Å². The van der Waals surface area contributed by atoms with Gasteiger partial charge in [-0.25, -0.2) is 0 Å². The summed E-state index contributed by atoms with van der Waals surface area (Å²) in [5.74, 6) is 0.0262. The molecule has 1 aliphatic rings. The Hall–Kier alpha value is -1.85. The van der Waals surface area contributed by atoms with E-state index in [1.165, 1.54) is 10.9 Å². The van der Waals surface area contributed by atoms with Crippen molar-refractivity contribution < 1.29 is 9.53 Å². The first kappa shape index (κ1) is 15.1. The lowest BCUT2D eigenvalue weighted by molar-refractivity contribution is -0.165. The van der Waals surface area contributed by atoms with Gasteiger partial charge in [-0.2, -0.15) is 0 Å². The number of morpholine rings is 1. The van der Waals surface area contributed by atoms with Gasteiger partial charge >= 0.3 is 0 Å². The number of hydrogen-bond acceptors (Lipinski definition) is 3. The number of carbonyl (C=O) groups excluding carboxylic acids is 1. The molecule has 22 heavy (non-hydrogen) atoms. The molecule has 1 fully saturated rings. The topological polar surface area (TPSA) is 48.6 Å². The largest absolute Gasteiger partial charge is 0.363 e. The molecule has 1 saturated heterocycles. The quantitative estimate of drug-likeness (QED) is 0.941. The van der Waals surface area contributed by atoms with E-state index in [4.69, 9.17) is 4.74 Å². The molecule has 0 bridgehead atoms. The second-order valence-corrected chi connectivity index (χ2v) is 6.39. The van der Waals surface area contributed by atoms with Gasteiger partial charge < -0.3 is 14.6 Å². The van der Waals surface area contributed by atoms with Gasteiger partial charge in [-0.15, -0.1) is 0 Å². The summed E-state index contributed by atoms with van der Waals surface area (Å²) >= 11 is 0. The fourth-order valence-electron chi connectivity index (χ4n) is 3.15. The molecule has 0 saturated carbocycles. The average molecular weight is 301 g/mol. The maximum atomic E-state index is 12.3. The molecule has 118 valence electrons. The number of likely N-dealkylation sites (N-methyl/N-ethyl adjacent to an activating group) is 1. The van der Waals surface area contributed by atoms with Gasteiger partial charge in [0.25, 0.3) is 5.91 Å². The molecule has 1 atom stereocenters. The monoisotopic (exact) mass is 301 g/mol. The molecule has 1 aliphatic heterocycles. The third-order valence-corrected chi connectivity index (χ3v) is 4.24. The van der Waals surface area contributed by atoms with Crippen molar-refractivity contribution in [3.63, 3.8) is 0 Å². The van der Waals surface area contributed by atoms with Gasteiger partial charge in [0.05, 0.1) is 6.61 Å². The first-order valence-electron chi connectivity index (χ1n) is 7.62. The van der Waals surface area contributed by atoms with Crippen LogP contribution in [0, 0.1) is 0 Å². The Morgan fingerprint density at radius 2 is 2.23 bits per heavy atom. The van der Waals surface area contributed by atoms with Crippen LogP contribution in [0.4, 0.5) is 0 Å². The highest BCUT2D eigenvalue weighted by molar-refractivity contribution is 5.85. The molecule has 3 rings (SSSR count). The van der Waals surface area contributed by atoms with Crippen LogP contribution in [0.5, 0.6) is 0 Å². The number of rotatable bonds is 3. The molecule has 0 spiro atoms. The van der Waals surface area contributed by atoms with Crippen molar-refractivity contribution in [2.75, 3.05) is 33.8 Å². The highest BCUT2D eigenvalue weighted by Crippen LogP contribution is 2.22. The van der Waals surface area contributed by atoms with Gasteiger partial charge in [-0.05, 0) is 36.1 Å². The van der Waals surface area contributed by atoms with Crippen LogP contribution in [0.15, 0.2) is 30.5 Å². The first-order chi connectivity index (χ1) is 10.5. The highest BCUT2D eigenvalue weighted by atomic mass is 16.5. The summed E-state index contributed by atoms with van der Waals surface area (Å²) in [5, 5.41) is 1.22. The number of hydrogen-bond donors (Lipinski definition) is 1. The van der Waals surface area contributed by atoms with Crippen molar-refractivity contribution in [3.8, 4) is 0 Å². The Morgan fingerprint density at radius 1 is 1.41 bits per heavy atom. The van der Waals surface area contributed by atoms with Gasteiger partial charge in [0.1, 0.15) is 0 Å². The normalized spacial score (nSPS) is 22.9. The molecule has 2 aromatic rings. The zero-order chi connectivity index (χ0) is 15.7. The molecule has 0 aliphatic carbocycles. The van der Waals surface area contributed by atoms with Crippen LogP contribution >= 0.6 is 0 Å². The number of fused-ring (bicyclic) bond motifs is 1. The number of amides is 1. The molecule has 1 N–H and O–H groups in total. The fraction of sp³-hybridized carbons (Fsp3) is 0.471. The van der Waals surface area contributed by atoms with Crippen LogP contribution in [0.3, 0.4) is 0 Å². The highest BCUT2D eigenvalue weighted by Gasteiger charge is 2.40. The minimum absolute atomic E-state index is 0.0262. The summed E-state index contributed by atoms with van der Waals surface area (Å²) in [5.41, 5.74) is 1.66. The number of H-pyrrole nitrogens is 1. The lowest BCUT2D eigenvalue weighted by atomic mass is 10.0. The second-order valence-electron chi connectivity index (χ2n) is 6.39. The number of aromatic nitrogens is 1. The summed E-state index contributed by atoms with van der Waals surface area (Å²) in [6.07, 6.45) is 1.95. The van der Waals surface area contributed by atoms with Crippen molar-refractivity contribution in [1.29, 1.82) is 0 Å². The summed E-state index contributed by atoms with van der Waals surface area (Å²) in [6.45, 7) is 4.77. The number of benzene rings is 1. The van der Waals surface area contributed by atoms with Crippen molar-refractivity contribution in [2.45, 2.75) is 19.1 Å². The van der Waals surface area contributed by atoms with E-state index in [-0.39, 0.29) is 5.91 Å². The zero-order valence-corrected chi connectivity index (χ0v) is 13.4. The maximum absolute atomic E-state index is 12.3. The molecular weight excluding hydrogens is 278 g/mol. The predicted octanol–water partition coefficient (Wildman–Crippen LogP) is 1.85. The number of nitrogens with one attached hydrogen (secondary N) is 1. The third-order valence-electron chi connectivity index (χ3n) is 4.24. The number of aromatic amines is 1. The summed E-state index contributed by atoms with van der Waals surface area (Å²) in [7, 11) is 3.55. The van der Waals surface area contributed by atoms with Crippen LogP contribution in [0.2, 0.25) is 0 Å². The van der Waals surface area contributed by atoms with Crippen LogP contribution < -0.4 is 0 Å². The molecule has 1 aromatic heterocycles. The first-order valence-corrected chi connectivity index (χ1v) is 7.62. The van der Waals surface area contributed by atoms with E-state index in [9.17, 15) is 4.79 Å². The van der Waals surface area contributed by atoms with Gasteiger partial charge in [0, 0.05) is 45.4 Å². The smallest absolute Gasteiger partial charge is 0.255 e. The molecule has 5 heteroatoms. The average Bonchev–Trinajstić information content (AvgIpc) is 2.94. The van der Waals surface area contributed by atoms with E-state index in [0.29, 0.717) is 13.2 Å². The second kappa shape index (κ2) is 5.74. The Kier molecular flexibility index (Phi) is 3.93. The lowest BCUT2D eigenvalue weighted by Gasteiger charge is -2.40. The number of nitrogens with zero attached hydrogens (tertiary/aromatic N) is 2. The summed E-state index contributed by atoms with van der Waals surface area (Å²) in [4.78, 5) is 19.4. The molecule has 1 amide bonds.